The number of esters is 1. The Morgan fingerprint density at radius 1 is 0.389 bits per heavy atom. The van der Waals surface area contributed by atoms with Gasteiger partial charge in [-0.05, 0) is 83.5 Å². The van der Waals surface area contributed by atoms with Gasteiger partial charge >= 0.3 is 5.97 Å². The van der Waals surface area contributed by atoms with Gasteiger partial charge < -0.3 is 20.3 Å². The van der Waals surface area contributed by atoms with Gasteiger partial charge in [0.25, 0.3) is 0 Å². The van der Waals surface area contributed by atoms with Crippen LogP contribution in [0.4, 0.5) is 0 Å². The van der Waals surface area contributed by atoms with E-state index < -0.39 is 12.1 Å². The summed E-state index contributed by atoms with van der Waals surface area (Å²) in [5, 5.41) is 23.2. The Labute approximate surface area is 449 Å². The van der Waals surface area contributed by atoms with E-state index in [-0.39, 0.29) is 18.5 Å². The lowest BCUT2D eigenvalue weighted by atomic mass is 10.0. The highest BCUT2D eigenvalue weighted by Crippen LogP contribution is 2.17. The average molecular weight is 1010 g/mol. The number of hydrogen-bond acceptors (Lipinski definition) is 5. The van der Waals surface area contributed by atoms with Crippen LogP contribution in [0.25, 0.3) is 0 Å². The molecule has 1 amide bonds. The first-order valence-corrected chi connectivity index (χ1v) is 32.2. The second-order valence-corrected chi connectivity index (χ2v) is 22.1. The molecule has 0 spiro atoms. The van der Waals surface area contributed by atoms with Gasteiger partial charge in [-0.2, -0.15) is 0 Å². The van der Waals surface area contributed by atoms with Crippen molar-refractivity contribution in [3.05, 3.63) is 36.5 Å². The number of amides is 1. The number of hydrogen-bond donors (Lipinski definition) is 3. The fraction of sp³-hybridized carbons (Fsp3) is 0.879. The predicted octanol–water partition coefficient (Wildman–Crippen LogP) is 20.4. The summed E-state index contributed by atoms with van der Waals surface area (Å²) in [4.78, 5) is 24.5. The maximum Gasteiger partial charge on any atom is 0.305 e. The second-order valence-electron chi connectivity index (χ2n) is 22.1. The molecule has 3 N–H and O–H groups in total. The highest BCUT2D eigenvalue weighted by Gasteiger charge is 2.20. The number of aliphatic hydroxyl groups is 2. The molecule has 0 saturated heterocycles. The summed E-state index contributed by atoms with van der Waals surface area (Å²) in [6, 6.07) is -0.542. The van der Waals surface area contributed by atoms with Crippen molar-refractivity contribution in [1.82, 2.24) is 5.32 Å². The fourth-order valence-corrected chi connectivity index (χ4v) is 9.96. The minimum Gasteiger partial charge on any atom is -0.466 e. The molecule has 0 radical (unpaired) electrons. The molecular formula is C66H125NO5. The van der Waals surface area contributed by atoms with Gasteiger partial charge in [0.05, 0.1) is 25.4 Å². The Kier molecular flexibility index (Phi) is 60.0. The lowest BCUT2D eigenvalue weighted by Crippen LogP contribution is -2.45. The van der Waals surface area contributed by atoms with E-state index in [0.29, 0.717) is 25.9 Å². The van der Waals surface area contributed by atoms with Crippen LogP contribution in [-0.2, 0) is 14.3 Å². The monoisotopic (exact) mass is 1010 g/mol. The standard InChI is InChI=1S/C66H125NO5/c1-3-5-7-9-11-13-15-16-17-18-31-34-37-40-44-48-52-56-60-66(71)72-61-57-53-49-45-41-38-35-32-29-27-25-23-21-19-20-22-24-26-28-30-33-36-39-43-47-51-55-59-65(70)67-63(62-68)64(69)58-54-50-46-42-14-12-10-8-6-4-2/h17-20,23,25,63-64,68-69H,3-16,21-22,24,26-62H2,1-2H3,(H,67,70)/b18-17-,20-19-,25-23-. The minimum absolute atomic E-state index is 0.00779. The van der Waals surface area contributed by atoms with Crippen molar-refractivity contribution in [2.75, 3.05) is 13.2 Å². The van der Waals surface area contributed by atoms with Crippen LogP contribution in [0, 0.1) is 0 Å². The van der Waals surface area contributed by atoms with E-state index in [1.807, 2.05) is 0 Å². The molecule has 0 saturated carbocycles. The Bertz CT molecular complexity index is 1170. The Hall–Kier alpha value is -1.92. The maximum absolute atomic E-state index is 12.4. The zero-order valence-corrected chi connectivity index (χ0v) is 48.4. The first-order valence-electron chi connectivity index (χ1n) is 32.2. The molecule has 72 heavy (non-hydrogen) atoms. The van der Waals surface area contributed by atoms with Crippen LogP contribution in [0.15, 0.2) is 36.5 Å². The van der Waals surface area contributed by atoms with Crippen LogP contribution in [0.3, 0.4) is 0 Å². The molecule has 0 aliphatic carbocycles. The first-order chi connectivity index (χ1) is 35.5. The fourth-order valence-electron chi connectivity index (χ4n) is 9.96. The Balaban J connectivity index is 3.39. The van der Waals surface area contributed by atoms with Gasteiger partial charge in [0, 0.05) is 12.8 Å². The number of nitrogens with one attached hydrogen (secondary N) is 1. The van der Waals surface area contributed by atoms with E-state index in [1.54, 1.807) is 0 Å². The number of allylic oxidation sites excluding steroid dienone is 6. The van der Waals surface area contributed by atoms with Gasteiger partial charge in [0.2, 0.25) is 5.91 Å². The van der Waals surface area contributed by atoms with Crippen molar-refractivity contribution in [3.8, 4) is 0 Å². The van der Waals surface area contributed by atoms with E-state index >= 15 is 0 Å². The number of unbranched alkanes of at least 4 members (excludes halogenated alkanes) is 43. The highest BCUT2D eigenvalue weighted by molar-refractivity contribution is 5.76. The van der Waals surface area contributed by atoms with Crippen LogP contribution in [0.2, 0.25) is 0 Å². The predicted molar refractivity (Wildman–Crippen MR) is 315 cm³/mol. The smallest absolute Gasteiger partial charge is 0.305 e. The summed E-state index contributed by atoms with van der Waals surface area (Å²) in [5.74, 6) is -0.0314. The molecule has 0 aliphatic heterocycles. The molecular weight excluding hydrogens is 887 g/mol. The van der Waals surface area contributed by atoms with Crippen molar-refractivity contribution in [1.29, 1.82) is 0 Å². The molecule has 2 atom stereocenters. The number of aliphatic hydroxyl groups excluding tert-OH is 2. The SMILES string of the molecule is CCCCCCCCC/C=C\CCCCCCCCCC(=O)OCCCCCCCCCCC/C=C\C/C=C\CCCCCCCCCCCCCC(=O)NC(CO)C(O)CCCCCCCCCCCC. The van der Waals surface area contributed by atoms with Crippen LogP contribution in [0.5, 0.6) is 0 Å². The molecule has 0 bridgehead atoms. The molecule has 6 nitrogen and oxygen atoms in total. The summed E-state index contributed by atoms with van der Waals surface area (Å²) in [5.41, 5.74) is 0. The summed E-state index contributed by atoms with van der Waals surface area (Å²) < 4.78 is 5.49. The average Bonchev–Trinajstić information content (AvgIpc) is 3.38. The topological polar surface area (TPSA) is 95.9 Å². The van der Waals surface area contributed by atoms with Gasteiger partial charge in [-0.25, -0.2) is 0 Å². The highest BCUT2D eigenvalue weighted by atomic mass is 16.5. The molecule has 0 heterocycles. The van der Waals surface area contributed by atoms with E-state index in [9.17, 15) is 19.8 Å². The zero-order valence-electron chi connectivity index (χ0n) is 48.4. The van der Waals surface area contributed by atoms with E-state index in [2.05, 4.69) is 55.6 Å². The first kappa shape index (κ1) is 70.1. The lowest BCUT2D eigenvalue weighted by molar-refractivity contribution is -0.143. The normalized spacial score (nSPS) is 12.8. The molecule has 424 valence electrons. The third-order valence-corrected chi connectivity index (χ3v) is 14.9. The van der Waals surface area contributed by atoms with Crippen molar-refractivity contribution < 1.29 is 24.5 Å². The van der Waals surface area contributed by atoms with Crippen LogP contribution >= 0.6 is 0 Å². The molecule has 0 aliphatic rings. The molecule has 0 fully saturated rings. The zero-order chi connectivity index (χ0) is 52.2. The summed E-state index contributed by atoms with van der Waals surface area (Å²) in [7, 11) is 0. The van der Waals surface area contributed by atoms with Crippen molar-refractivity contribution >= 4 is 11.9 Å². The Morgan fingerprint density at radius 2 is 0.694 bits per heavy atom. The van der Waals surface area contributed by atoms with Gasteiger partial charge in [-0.15, -0.1) is 0 Å². The number of carbonyl (C=O) groups excluding carboxylic acids is 2. The van der Waals surface area contributed by atoms with Crippen molar-refractivity contribution in [3.63, 3.8) is 0 Å². The van der Waals surface area contributed by atoms with Crippen LogP contribution in [0.1, 0.15) is 348 Å². The molecule has 0 aromatic carbocycles. The van der Waals surface area contributed by atoms with E-state index in [1.165, 1.54) is 263 Å². The summed E-state index contributed by atoms with van der Waals surface area (Å²) in [6.45, 7) is 4.94. The van der Waals surface area contributed by atoms with Crippen LogP contribution in [-0.4, -0.2) is 47.4 Å². The van der Waals surface area contributed by atoms with Gasteiger partial charge in [-0.1, -0.05) is 288 Å². The number of carbonyl (C=O) groups is 2. The van der Waals surface area contributed by atoms with Crippen LogP contribution < -0.4 is 5.32 Å². The molecule has 6 heteroatoms. The van der Waals surface area contributed by atoms with Crippen molar-refractivity contribution in [2.45, 2.75) is 360 Å². The summed E-state index contributed by atoms with van der Waals surface area (Å²) in [6.07, 6.45) is 77.5. The van der Waals surface area contributed by atoms with Gasteiger partial charge in [0.1, 0.15) is 0 Å². The molecule has 2 unspecified atom stereocenters. The minimum atomic E-state index is -0.665. The Morgan fingerprint density at radius 3 is 1.07 bits per heavy atom. The largest absolute Gasteiger partial charge is 0.466 e. The molecule has 0 aromatic rings. The third-order valence-electron chi connectivity index (χ3n) is 14.9. The lowest BCUT2D eigenvalue weighted by Gasteiger charge is -2.22. The van der Waals surface area contributed by atoms with Gasteiger partial charge in [-0.3, -0.25) is 9.59 Å². The van der Waals surface area contributed by atoms with E-state index in [0.717, 1.165) is 51.4 Å². The molecule has 0 aromatic heterocycles. The number of ether oxygens (including phenoxy) is 1. The number of rotatable bonds is 60. The summed E-state index contributed by atoms with van der Waals surface area (Å²) >= 11 is 0. The van der Waals surface area contributed by atoms with Gasteiger partial charge in [0.15, 0.2) is 0 Å². The molecule has 0 rings (SSSR count). The van der Waals surface area contributed by atoms with Crippen molar-refractivity contribution in [2.24, 2.45) is 0 Å². The second kappa shape index (κ2) is 61.6. The maximum atomic E-state index is 12.4. The van der Waals surface area contributed by atoms with E-state index in [4.69, 9.17) is 4.74 Å². The third kappa shape index (κ3) is 57.4. The quantitative estimate of drug-likeness (QED) is 0.0320.